The quantitative estimate of drug-likeness (QED) is 0.671. The lowest BCUT2D eigenvalue weighted by Gasteiger charge is -2.30. The summed E-state index contributed by atoms with van der Waals surface area (Å²) < 4.78 is 6.80. The van der Waals surface area contributed by atoms with Crippen LogP contribution in [-0.2, 0) is 19.4 Å². The topological polar surface area (TPSA) is 99.7 Å². The van der Waals surface area contributed by atoms with Crippen LogP contribution in [0.1, 0.15) is 72.7 Å². The van der Waals surface area contributed by atoms with Crippen LogP contribution in [0.2, 0.25) is 0 Å². The molecule has 170 valence electrons. The zero-order valence-electron chi connectivity index (χ0n) is 18.9. The monoisotopic (exact) mass is 438 g/mol. The molecular formula is C23H30N6O3. The normalized spacial score (nSPS) is 17.9. The van der Waals surface area contributed by atoms with E-state index in [-0.39, 0.29) is 17.4 Å². The molecule has 0 aliphatic carbocycles. The van der Waals surface area contributed by atoms with Crippen LogP contribution in [0.5, 0.6) is 0 Å². The van der Waals surface area contributed by atoms with E-state index in [9.17, 15) is 9.59 Å². The van der Waals surface area contributed by atoms with Crippen molar-refractivity contribution in [2.45, 2.75) is 65.0 Å². The van der Waals surface area contributed by atoms with E-state index in [4.69, 9.17) is 9.51 Å². The van der Waals surface area contributed by atoms with Gasteiger partial charge in [-0.2, -0.15) is 0 Å². The number of aryl methyl sites for hydroxylation is 1. The highest BCUT2D eigenvalue weighted by Gasteiger charge is 2.29. The molecule has 5 heterocycles. The van der Waals surface area contributed by atoms with Crippen molar-refractivity contribution in [3.05, 3.63) is 50.9 Å². The van der Waals surface area contributed by atoms with Gasteiger partial charge in [0.25, 0.3) is 11.5 Å². The van der Waals surface area contributed by atoms with Crippen LogP contribution in [0.15, 0.2) is 21.5 Å². The minimum atomic E-state index is -0.104. The number of hydrogen-bond donors (Lipinski definition) is 1. The van der Waals surface area contributed by atoms with Crippen molar-refractivity contribution in [1.82, 2.24) is 29.6 Å². The third-order valence-electron chi connectivity index (χ3n) is 6.90. The first-order chi connectivity index (χ1) is 15.4. The Hall–Kier alpha value is -2.94. The summed E-state index contributed by atoms with van der Waals surface area (Å²) in [6, 6.07) is 4.13. The zero-order chi connectivity index (χ0) is 22.4. The number of piperidine rings is 1. The van der Waals surface area contributed by atoms with Crippen molar-refractivity contribution in [2.75, 3.05) is 19.6 Å². The third kappa shape index (κ3) is 3.64. The number of carbonyl (C=O) groups is 1. The number of likely N-dealkylation sites (tertiary alicyclic amines) is 1. The van der Waals surface area contributed by atoms with Crippen LogP contribution in [0, 0.1) is 0 Å². The second-order valence-corrected chi connectivity index (χ2v) is 9.16. The largest absolute Gasteiger partial charge is 0.351 e. The summed E-state index contributed by atoms with van der Waals surface area (Å²) in [6.45, 7) is 9.16. The van der Waals surface area contributed by atoms with Crippen LogP contribution >= 0.6 is 0 Å². The fourth-order valence-corrected chi connectivity index (χ4v) is 4.80. The molecule has 3 aromatic heterocycles. The minimum absolute atomic E-state index is 0.00580. The second-order valence-electron chi connectivity index (χ2n) is 9.16. The summed E-state index contributed by atoms with van der Waals surface area (Å²) in [6.07, 6.45) is 3.19. The molecule has 0 atom stereocenters. The first-order valence-corrected chi connectivity index (χ1v) is 11.6. The highest BCUT2D eigenvalue weighted by Crippen LogP contribution is 2.28. The first-order valence-electron chi connectivity index (χ1n) is 11.6. The van der Waals surface area contributed by atoms with Crippen LogP contribution in [-0.4, -0.2) is 61.1 Å². The second kappa shape index (κ2) is 8.20. The minimum Gasteiger partial charge on any atom is -0.351 e. The Morgan fingerprint density at radius 3 is 2.72 bits per heavy atom. The van der Waals surface area contributed by atoms with Crippen molar-refractivity contribution >= 4 is 11.6 Å². The van der Waals surface area contributed by atoms with E-state index < -0.39 is 0 Å². The summed E-state index contributed by atoms with van der Waals surface area (Å²) in [4.78, 5) is 34.8. The third-order valence-corrected chi connectivity index (χ3v) is 6.90. The lowest BCUT2D eigenvalue weighted by molar-refractivity contribution is 0.0670. The van der Waals surface area contributed by atoms with Gasteiger partial charge in [0.1, 0.15) is 0 Å². The predicted octanol–water partition coefficient (Wildman–Crippen LogP) is 2.36. The zero-order valence-corrected chi connectivity index (χ0v) is 18.9. The lowest BCUT2D eigenvalue weighted by Crippen LogP contribution is -2.40. The van der Waals surface area contributed by atoms with Crippen LogP contribution < -0.4 is 5.56 Å². The van der Waals surface area contributed by atoms with E-state index in [0.29, 0.717) is 37.1 Å². The van der Waals surface area contributed by atoms with Gasteiger partial charge in [0.15, 0.2) is 5.65 Å². The molecule has 5 rings (SSSR count). The summed E-state index contributed by atoms with van der Waals surface area (Å²) in [5.74, 6) is 0.459. The predicted molar refractivity (Wildman–Crippen MR) is 119 cm³/mol. The number of hydrogen-bond acceptors (Lipinski definition) is 6. The fraction of sp³-hybridized carbons (Fsp3) is 0.565. The number of aromatic amines is 1. The highest BCUT2D eigenvalue weighted by atomic mass is 16.5. The van der Waals surface area contributed by atoms with Gasteiger partial charge in [0.2, 0.25) is 5.76 Å². The smallest absolute Gasteiger partial charge is 0.292 e. The molecule has 1 saturated heterocycles. The van der Waals surface area contributed by atoms with Crippen molar-refractivity contribution in [2.24, 2.45) is 0 Å². The van der Waals surface area contributed by atoms with Gasteiger partial charge in [-0.05, 0) is 33.1 Å². The van der Waals surface area contributed by atoms with Crippen molar-refractivity contribution in [1.29, 1.82) is 0 Å². The van der Waals surface area contributed by atoms with E-state index in [2.05, 4.69) is 29.0 Å². The van der Waals surface area contributed by atoms with Crippen LogP contribution in [0.4, 0.5) is 0 Å². The van der Waals surface area contributed by atoms with E-state index in [1.807, 2.05) is 17.9 Å². The Labute approximate surface area is 186 Å². The summed E-state index contributed by atoms with van der Waals surface area (Å²) in [7, 11) is 0. The molecule has 32 heavy (non-hydrogen) atoms. The fourth-order valence-electron chi connectivity index (χ4n) is 4.80. The molecule has 1 N–H and O–H groups in total. The van der Waals surface area contributed by atoms with E-state index in [0.717, 1.165) is 54.9 Å². The van der Waals surface area contributed by atoms with Gasteiger partial charge in [-0.25, -0.2) is 9.50 Å². The molecule has 0 radical (unpaired) electrons. The van der Waals surface area contributed by atoms with Crippen molar-refractivity contribution in [3.63, 3.8) is 0 Å². The molecule has 3 aromatic rings. The lowest BCUT2D eigenvalue weighted by atomic mass is 9.93. The number of nitrogens with zero attached hydrogens (tertiary/aromatic N) is 5. The molecular weight excluding hydrogens is 408 g/mol. The molecule has 0 unspecified atom stereocenters. The molecule has 9 nitrogen and oxygen atoms in total. The van der Waals surface area contributed by atoms with Crippen LogP contribution in [0.25, 0.3) is 5.65 Å². The molecule has 0 aromatic carbocycles. The maximum atomic E-state index is 13.2. The van der Waals surface area contributed by atoms with Gasteiger partial charge < -0.3 is 9.42 Å². The molecule has 2 aliphatic rings. The Bertz CT molecular complexity index is 1200. The molecule has 0 bridgehead atoms. The average molecular weight is 439 g/mol. The molecule has 9 heteroatoms. The molecule has 1 amide bonds. The Kier molecular flexibility index (Phi) is 5.36. The van der Waals surface area contributed by atoms with Gasteiger partial charge >= 0.3 is 0 Å². The van der Waals surface area contributed by atoms with Gasteiger partial charge in [-0.15, -0.1) is 0 Å². The van der Waals surface area contributed by atoms with Gasteiger partial charge in [-0.1, -0.05) is 12.1 Å². The maximum Gasteiger partial charge on any atom is 0.292 e. The van der Waals surface area contributed by atoms with Crippen LogP contribution in [0.3, 0.4) is 0 Å². The molecule has 0 saturated carbocycles. The highest BCUT2D eigenvalue weighted by molar-refractivity contribution is 5.91. The summed E-state index contributed by atoms with van der Waals surface area (Å²) in [5, 5.41) is 7.23. The van der Waals surface area contributed by atoms with Crippen molar-refractivity contribution < 1.29 is 9.32 Å². The first kappa shape index (κ1) is 20.9. The van der Waals surface area contributed by atoms with E-state index in [1.54, 1.807) is 10.6 Å². The Morgan fingerprint density at radius 2 is 2.03 bits per heavy atom. The maximum absolute atomic E-state index is 13.2. The Balaban J connectivity index is 1.32. The SMILES string of the molecule is CCc1cc(C(=O)N2CCC(c3cc4nc5c(c(=O)n4[nH]3)CN(C(C)C)CC5)CC2)on1. The molecule has 2 aliphatic heterocycles. The van der Waals surface area contributed by atoms with E-state index in [1.165, 1.54) is 0 Å². The van der Waals surface area contributed by atoms with Gasteiger partial charge in [0.05, 0.1) is 17.0 Å². The number of rotatable bonds is 4. The average Bonchev–Trinajstić information content (AvgIpc) is 3.46. The number of fused-ring (bicyclic) bond motifs is 2. The summed E-state index contributed by atoms with van der Waals surface area (Å²) in [5.41, 5.74) is 4.22. The summed E-state index contributed by atoms with van der Waals surface area (Å²) >= 11 is 0. The number of aromatic nitrogens is 4. The number of carbonyl (C=O) groups excluding carboxylic acids is 1. The van der Waals surface area contributed by atoms with Gasteiger partial charge in [0, 0.05) is 62.4 Å². The Morgan fingerprint density at radius 1 is 1.25 bits per heavy atom. The van der Waals surface area contributed by atoms with Crippen molar-refractivity contribution in [3.8, 4) is 0 Å². The van der Waals surface area contributed by atoms with Gasteiger partial charge in [-0.3, -0.25) is 19.6 Å². The molecule has 0 spiro atoms. The standard InChI is InChI=1S/C23H30N6O3/c1-4-16-11-20(32-26-16)23(31)27-8-5-15(6-9-27)19-12-21-24-18-7-10-28(14(2)3)13-17(18)22(30)29(21)25-19/h11-12,14-15,25H,4-10,13H2,1-3H3. The number of nitrogens with one attached hydrogen (secondary N) is 1. The number of amides is 1. The number of H-pyrrole nitrogens is 1. The molecule has 1 fully saturated rings. The van der Waals surface area contributed by atoms with E-state index >= 15 is 0 Å².